The van der Waals surface area contributed by atoms with Crippen molar-refractivity contribution < 1.29 is 282 Å². The van der Waals surface area contributed by atoms with Gasteiger partial charge in [0.25, 0.3) is 0 Å². The zero-order valence-corrected chi connectivity index (χ0v) is 50.6. The van der Waals surface area contributed by atoms with Crippen LogP contribution in [0, 0.1) is 17.8 Å². The molecule has 4 saturated carbocycles. The Morgan fingerprint density at radius 1 is 0.803 bits per heavy atom. The number of rotatable bonds is 15. The van der Waals surface area contributed by atoms with Gasteiger partial charge in [-0.2, -0.15) is 10.2 Å². The summed E-state index contributed by atoms with van der Waals surface area (Å²) in [6.07, 6.45) is -7.73. The van der Waals surface area contributed by atoms with Crippen molar-refractivity contribution >= 4 is 47.7 Å². The van der Waals surface area contributed by atoms with Crippen molar-refractivity contribution in [1.29, 1.82) is 0 Å². The van der Waals surface area contributed by atoms with Crippen LogP contribution in [-0.4, -0.2) is 155 Å². The summed E-state index contributed by atoms with van der Waals surface area (Å²) in [7, 11) is -13.3. The van der Waals surface area contributed by atoms with Gasteiger partial charge < -0.3 is 37.9 Å². The number of hydrogen-bond acceptors (Lipinski definition) is 23. The van der Waals surface area contributed by atoms with Gasteiger partial charge in [-0.3, -0.25) is 35.6 Å². The Bertz CT molecular complexity index is 1820. The van der Waals surface area contributed by atoms with E-state index in [0.29, 0.717) is 6.42 Å². The smallest absolute Gasteiger partial charge is 0.750 e. The number of carboxylic acids is 1. The first kappa shape index (κ1) is 64.1. The zero-order valence-electron chi connectivity index (χ0n) is 34.9. The number of azo groups is 1. The molecule has 0 amide bonds. The Labute approximate surface area is 528 Å². The third kappa shape index (κ3) is 18.0. The van der Waals surface area contributed by atoms with E-state index in [2.05, 4.69) is 36.8 Å². The van der Waals surface area contributed by atoms with Crippen molar-refractivity contribution in [2.45, 2.75) is 142 Å². The number of aliphatic hydroxyl groups is 1. The second-order valence-corrected chi connectivity index (χ2v) is 20.5. The first-order valence-corrected chi connectivity index (χ1v) is 23.9. The maximum absolute atomic E-state index is 12.6. The van der Waals surface area contributed by atoms with Gasteiger partial charge in [-0.15, -0.1) is 0 Å². The van der Waals surface area contributed by atoms with E-state index in [-0.39, 0.29) is 257 Å². The first-order chi connectivity index (χ1) is 26.6. The maximum atomic E-state index is 12.6. The van der Waals surface area contributed by atoms with Crippen LogP contribution in [-0.2, 0) is 60.2 Å². The summed E-state index contributed by atoms with van der Waals surface area (Å²) in [5.41, 5.74) is 0. The van der Waals surface area contributed by atoms with E-state index in [4.69, 9.17) is 13.7 Å². The second kappa shape index (κ2) is 28.4. The standard InChI is InChI=1S/C29H53N7O17S4.4K/c1-3-52-29-33-27(32-28(34-29)31-19-11-14(55(42,43)44)5-6-15(19)26(38)39)30-18-8-9-21(56(45,46)47)16-12-20(53-54(40)41)24(25(37)23(16)18)36-35-17-7-4-13(51-2)10-22(17)57(48,49)50;;;;/h13-25,27-34,37H,3-12H2,1-2H3,(H,38,39)(H,40,41)(H,42,43,44)(H,45,46,47)(H,48,49,50);;;;/q;4*+1/p-4. The van der Waals surface area contributed by atoms with E-state index < -0.39 is 149 Å². The van der Waals surface area contributed by atoms with Crippen LogP contribution in [0.4, 0.5) is 0 Å². The third-order valence-corrected chi connectivity index (χ3v) is 16.0. The first-order valence-electron chi connectivity index (χ1n) is 18.5. The molecule has 17 atom stereocenters. The summed E-state index contributed by atoms with van der Waals surface area (Å²) in [4.78, 5) is 12.1. The summed E-state index contributed by atoms with van der Waals surface area (Å²) in [6, 6.07) is -4.57. The largest absolute Gasteiger partial charge is 1.00 e. The SMILES string of the molecule is CCOC1NC(NC2CC(S(=O)(=O)[O-])CCC2C(=O)O)NC(NC2CCC(S(=O)(=O)[O-])C3CC(OS(=O)[O-])C(N=NC4CCC(OC)CC4S(=O)(=O)[O-])C(O)C23)N1.[K+].[K+].[K+].[K+]. The number of carbonyl (C=O) groups is 1. The van der Waals surface area contributed by atoms with Gasteiger partial charge in [-0.25, -0.2) is 29.5 Å². The number of nitrogens with one attached hydrogen (secondary N) is 5. The zero-order chi connectivity index (χ0) is 42.0. The topological polar surface area (TPSA) is 382 Å². The van der Waals surface area contributed by atoms with E-state index in [1.165, 1.54) is 7.11 Å². The van der Waals surface area contributed by atoms with Crippen LogP contribution in [0.2, 0.25) is 0 Å². The maximum Gasteiger partial charge on any atom is 1.00 e. The number of nitrogens with zero attached hydrogens (tertiary/aromatic N) is 2. The molecule has 17 unspecified atom stereocenters. The minimum absolute atomic E-state index is 0. The molecule has 0 spiro atoms. The number of aliphatic carboxylic acids is 1. The predicted molar refractivity (Wildman–Crippen MR) is 189 cm³/mol. The van der Waals surface area contributed by atoms with Crippen molar-refractivity contribution in [1.82, 2.24) is 26.6 Å². The Hall–Kier alpha value is 5.10. The molecule has 1 heterocycles. The van der Waals surface area contributed by atoms with Crippen LogP contribution >= 0.6 is 0 Å². The van der Waals surface area contributed by atoms with Crippen LogP contribution < -0.4 is 232 Å². The van der Waals surface area contributed by atoms with Crippen molar-refractivity contribution in [2.24, 2.45) is 28.0 Å². The van der Waals surface area contributed by atoms with Crippen LogP contribution in [0.5, 0.6) is 0 Å². The van der Waals surface area contributed by atoms with Gasteiger partial charge in [0.1, 0.15) is 24.7 Å². The fourth-order valence-corrected chi connectivity index (χ4v) is 12.5. The summed E-state index contributed by atoms with van der Waals surface area (Å²) < 4.78 is 149. The average molecular weight is 1050 g/mol. The molecule has 5 aliphatic rings. The molecule has 5 rings (SSSR count). The number of fused-ring (bicyclic) bond motifs is 1. The van der Waals surface area contributed by atoms with Crippen molar-refractivity contribution in [3.8, 4) is 0 Å². The monoisotopic (exact) mass is 1050 g/mol. The summed E-state index contributed by atoms with van der Waals surface area (Å²) >= 11 is -3.22. The minimum atomic E-state index is -5.03. The van der Waals surface area contributed by atoms with Crippen LogP contribution in [0.25, 0.3) is 0 Å². The van der Waals surface area contributed by atoms with Crippen molar-refractivity contribution in [3.05, 3.63) is 0 Å². The molecule has 0 aromatic carbocycles. The van der Waals surface area contributed by atoms with Crippen molar-refractivity contribution in [3.63, 3.8) is 0 Å². The van der Waals surface area contributed by atoms with Crippen molar-refractivity contribution in [2.75, 3.05) is 13.7 Å². The molecule has 330 valence electrons. The molecule has 0 aromatic heterocycles. The molecule has 32 heteroatoms. The normalized spacial score (nSPS) is 38.9. The van der Waals surface area contributed by atoms with Crippen LogP contribution in [0.15, 0.2) is 10.2 Å². The summed E-state index contributed by atoms with van der Waals surface area (Å²) in [5, 5.41) is 41.0. The molecule has 1 aliphatic heterocycles. The van der Waals surface area contributed by atoms with Crippen LogP contribution in [0.1, 0.15) is 64.7 Å². The van der Waals surface area contributed by atoms with E-state index in [0.717, 1.165) is 0 Å². The molecular formula is C29H49K4N7O17S4. The molecule has 4 aliphatic carbocycles. The summed E-state index contributed by atoms with van der Waals surface area (Å²) in [5.74, 6) is -4.59. The number of methoxy groups -OCH3 is 1. The average Bonchev–Trinajstić information content (AvgIpc) is 3.09. The summed E-state index contributed by atoms with van der Waals surface area (Å²) in [6.45, 7) is 1.86. The van der Waals surface area contributed by atoms with E-state index in [1.807, 2.05) is 0 Å². The van der Waals surface area contributed by atoms with Gasteiger partial charge in [-0.1, -0.05) is 0 Å². The molecule has 61 heavy (non-hydrogen) atoms. The molecule has 24 nitrogen and oxygen atoms in total. The predicted octanol–water partition coefficient (Wildman–Crippen LogP) is -15.4. The molecule has 5 fully saturated rings. The quantitative estimate of drug-likeness (QED) is 0.0346. The molecular weight excluding hydrogens is 1000 g/mol. The Balaban J connectivity index is 0.00000465. The molecule has 0 radical (unpaired) electrons. The molecule has 1 saturated heterocycles. The van der Waals surface area contributed by atoms with E-state index >= 15 is 0 Å². The minimum Gasteiger partial charge on any atom is -0.750 e. The fraction of sp³-hybridized carbons (Fsp3) is 0.966. The van der Waals surface area contributed by atoms with Gasteiger partial charge in [0, 0.05) is 31.7 Å². The molecule has 0 aromatic rings. The van der Waals surface area contributed by atoms with Gasteiger partial charge in [-0.05, 0) is 70.6 Å². The number of aliphatic hydroxyl groups excluding tert-OH is 1. The third-order valence-electron chi connectivity index (χ3n) is 11.8. The Morgan fingerprint density at radius 3 is 1.93 bits per heavy atom. The fourth-order valence-electron chi connectivity index (χ4n) is 9.11. The molecule has 0 bridgehead atoms. The van der Waals surface area contributed by atoms with E-state index in [1.54, 1.807) is 6.92 Å². The van der Waals surface area contributed by atoms with Gasteiger partial charge in [0.05, 0.1) is 81.6 Å². The van der Waals surface area contributed by atoms with E-state index in [9.17, 15) is 62.7 Å². The number of carboxylic acid groups (broad SMARTS) is 1. The van der Waals surface area contributed by atoms with Gasteiger partial charge >= 0.3 is 212 Å². The van der Waals surface area contributed by atoms with Gasteiger partial charge in [0.2, 0.25) is 0 Å². The van der Waals surface area contributed by atoms with Crippen LogP contribution in [0.3, 0.4) is 0 Å². The second-order valence-electron chi connectivity index (χ2n) is 15.0. The number of hydrogen-bond donors (Lipinski definition) is 7. The molecule has 7 N–H and O–H groups in total. The Kier molecular flexibility index (Phi) is 29.8. The Morgan fingerprint density at radius 2 is 1.41 bits per heavy atom. The number of ether oxygens (including phenoxy) is 2. The van der Waals surface area contributed by atoms with Gasteiger partial charge in [0.15, 0.2) is 6.35 Å².